The van der Waals surface area contributed by atoms with E-state index in [4.69, 9.17) is 0 Å². The fraction of sp³-hybridized carbons (Fsp3) is 0.289. The molecule has 0 amide bonds. The molecule has 0 saturated heterocycles. The van der Waals surface area contributed by atoms with Gasteiger partial charge in [0.15, 0.2) is 0 Å². The van der Waals surface area contributed by atoms with E-state index in [2.05, 4.69) is 20.9 Å². The summed E-state index contributed by atoms with van der Waals surface area (Å²) in [5, 5.41) is 54.5. The fourth-order valence-electron chi connectivity index (χ4n) is 6.08. The number of phenols is 2. The first-order valence-electron chi connectivity index (χ1n) is 16.9. The Kier molecular flexibility index (Phi) is 11.4. The maximum absolute atomic E-state index is 13.3. The Morgan fingerprint density at radius 3 is 1.77 bits per heavy atom. The lowest BCUT2D eigenvalue weighted by atomic mass is 9.81. The summed E-state index contributed by atoms with van der Waals surface area (Å²) in [6.45, 7) is 1.93. The first-order valence-corrected chi connectivity index (χ1v) is 16.9. The Morgan fingerprint density at radius 1 is 0.736 bits per heavy atom. The van der Waals surface area contributed by atoms with E-state index in [-0.39, 0.29) is 49.0 Å². The van der Waals surface area contributed by atoms with Crippen LogP contribution in [-0.2, 0) is 0 Å². The monoisotopic (exact) mass is 724 g/mol. The molecule has 15 heteroatoms. The molecule has 5 N–H and O–H groups in total. The minimum absolute atomic E-state index is 0.0261. The molecule has 0 bridgehead atoms. The number of hydroxylamine groups is 3. The van der Waals surface area contributed by atoms with Crippen LogP contribution in [0, 0.1) is 15.3 Å². The van der Waals surface area contributed by atoms with Crippen molar-refractivity contribution in [2.45, 2.75) is 6.42 Å². The molecule has 4 aromatic carbocycles. The molecule has 1 heterocycles. The molecule has 6 rings (SSSR count). The number of carbonyl (C=O) groups is 2. The van der Waals surface area contributed by atoms with Crippen molar-refractivity contribution < 1.29 is 29.4 Å². The molecule has 1 aliphatic rings. The van der Waals surface area contributed by atoms with Gasteiger partial charge in [0.2, 0.25) is 11.6 Å². The van der Waals surface area contributed by atoms with E-state index in [1.807, 2.05) is 62.3 Å². The highest BCUT2D eigenvalue weighted by atomic mass is 16.6. The highest BCUT2D eigenvalue weighted by Crippen LogP contribution is 2.42. The van der Waals surface area contributed by atoms with Gasteiger partial charge in [-0.1, -0.05) is 24.3 Å². The quantitative estimate of drug-likeness (QED) is 0.0205. The first-order chi connectivity index (χ1) is 25.1. The summed E-state index contributed by atoms with van der Waals surface area (Å²) < 4.78 is -0.361. The van der Waals surface area contributed by atoms with Crippen molar-refractivity contribution in [1.82, 2.24) is 14.8 Å². The molecule has 0 unspecified atom stereocenters. The minimum Gasteiger partial charge on any atom is -0.633 e. The van der Waals surface area contributed by atoms with E-state index in [0.29, 0.717) is 60.8 Å². The summed E-state index contributed by atoms with van der Waals surface area (Å²) >= 11 is 0. The van der Waals surface area contributed by atoms with Crippen molar-refractivity contribution in [2.75, 3.05) is 84.7 Å². The van der Waals surface area contributed by atoms with Gasteiger partial charge < -0.3 is 36.0 Å². The predicted octanol–water partition coefficient (Wildman–Crippen LogP) is 5.41. The molecule has 278 valence electrons. The van der Waals surface area contributed by atoms with Gasteiger partial charge in [0.1, 0.15) is 16.9 Å². The number of hydrogen-bond acceptors (Lipinski definition) is 13. The summed E-state index contributed by atoms with van der Waals surface area (Å²) in [4.78, 5) is 45.9. The molecule has 0 spiro atoms. The number of quaternary nitrogens is 1. The van der Waals surface area contributed by atoms with Crippen LogP contribution in [0.2, 0.25) is 0 Å². The second-order valence-electron chi connectivity index (χ2n) is 13.8. The molecule has 15 nitrogen and oxygen atoms in total. The summed E-state index contributed by atoms with van der Waals surface area (Å²) in [5.41, 5.74) is 3.09. The number of benzene rings is 4. The number of hydrogen-bond donors (Lipinski definition) is 5. The third-order valence-corrected chi connectivity index (χ3v) is 8.50. The van der Waals surface area contributed by atoms with Gasteiger partial charge in [0.05, 0.1) is 77.9 Å². The number of pyridine rings is 1. The van der Waals surface area contributed by atoms with Gasteiger partial charge >= 0.3 is 0 Å². The molecule has 0 atom stereocenters. The van der Waals surface area contributed by atoms with Crippen LogP contribution < -0.4 is 16.0 Å². The van der Waals surface area contributed by atoms with Crippen LogP contribution in [0.25, 0.3) is 21.8 Å². The SMILES string of the molecule is CN(C)CNc1ccc(NCN(C)C)c2c1C(=O)c1c(O)ccc(O)c1C2=O.C[N+](C)([O-])CCCNc1c2ccccc2nc2cccc([N+](=O)[O-])c12. The normalized spacial score (nSPS) is 12.4. The zero-order chi connectivity index (χ0) is 38.6. The van der Waals surface area contributed by atoms with Crippen LogP contribution in [0.5, 0.6) is 11.5 Å². The van der Waals surface area contributed by atoms with Gasteiger partial charge in [0, 0.05) is 35.8 Å². The Hall–Kier alpha value is -5.87. The number of nitro groups is 1. The zero-order valence-electron chi connectivity index (χ0n) is 30.6. The highest BCUT2D eigenvalue weighted by molar-refractivity contribution is 6.33. The number of anilines is 3. The van der Waals surface area contributed by atoms with E-state index < -0.39 is 11.6 Å². The number of non-ortho nitro benzene ring substituents is 1. The second kappa shape index (κ2) is 15.8. The molecule has 0 aliphatic heterocycles. The molecule has 5 aromatic rings. The van der Waals surface area contributed by atoms with Gasteiger partial charge in [-0.25, -0.2) is 4.98 Å². The van der Waals surface area contributed by atoms with Crippen LogP contribution >= 0.6 is 0 Å². The maximum atomic E-state index is 13.3. The number of fused-ring (bicyclic) bond motifs is 4. The molecule has 0 saturated carbocycles. The largest absolute Gasteiger partial charge is 0.633 e. The van der Waals surface area contributed by atoms with Crippen LogP contribution in [-0.4, -0.2) is 115 Å². The minimum atomic E-state index is -0.507. The molecular weight excluding hydrogens is 680 g/mol. The number of para-hydroxylation sites is 1. The Balaban J connectivity index is 0.000000206. The van der Waals surface area contributed by atoms with Gasteiger partial charge in [-0.3, -0.25) is 29.5 Å². The van der Waals surface area contributed by atoms with Crippen molar-refractivity contribution in [2.24, 2.45) is 0 Å². The predicted molar refractivity (Wildman–Crippen MR) is 207 cm³/mol. The zero-order valence-corrected chi connectivity index (χ0v) is 30.6. The van der Waals surface area contributed by atoms with Crippen LogP contribution in [0.4, 0.5) is 22.7 Å². The number of nitrogens with zero attached hydrogens (tertiary/aromatic N) is 5. The summed E-state index contributed by atoms with van der Waals surface area (Å²) in [5.74, 6) is -1.68. The molecule has 1 aliphatic carbocycles. The lowest BCUT2D eigenvalue weighted by Crippen LogP contribution is -2.34. The van der Waals surface area contributed by atoms with Crippen molar-refractivity contribution in [3.8, 4) is 11.5 Å². The number of rotatable bonds is 12. The first kappa shape index (κ1) is 38.4. The number of phenolic OH excluding ortho intramolecular Hbond substituents is 2. The van der Waals surface area contributed by atoms with Crippen molar-refractivity contribution in [3.63, 3.8) is 0 Å². The maximum Gasteiger partial charge on any atom is 0.280 e. The van der Waals surface area contributed by atoms with Gasteiger partial charge in [0.25, 0.3) is 5.69 Å². The Morgan fingerprint density at radius 2 is 1.26 bits per heavy atom. The number of aromatic nitrogens is 1. The lowest BCUT2D eigenvalue weighted by Gasteiger charge is -2.33. The van der Waals surface area contributed by atoms with E-state index in [1.54, 1.807) is 38.4 Å². The third kappa shape index (κ3) is 8.45. The Bertz CT molecular complexity index is 2120. The fourth-order valence-corrected chi connectivity index (χ4v) is 6.08. The van der Waals surface area contributed by atoms with Crippen LogP contribution in [0.1, 0.15) is 38.3 Å². The van der Waals surface area contributed by atoms with Crippen molar-refractivity contribution in [1.29, 1.82) is 0 Å². The van der Waals surface area contributed by atoms with Crippen molar-refractivity contribution >= 4 is 56.1 Å². The molecule has 53 heavy (non-hydrogen) atoms. The average Bonchev–Trinajstić information content (AvgIpc) is 3.10. The second-order valence-corrected chi connectivity index (χ2v) is 13.8. The Labute approximate surface area is 306 Å². The van der Waals surface area contributed by atoms with Gasteiger partial charge in [-0.05, 0) is 64.6 Å². The lowest BCUT2D eigenvalue weighted by molar-refractivity contribution is -0.839. The molecule has 0 radical (unpaired) electrons. The van der Waals surface area contributed by atoms with E-state index >= 15 is 0 Å². The standard InChI is InChI=1S/C20H24N4O4.C18H20N4O3/c1-23(2)9-21-11-5-6-12(22-10-24(3)4)16-15(11)19(27)17-13(25)7-8-14(26)18(17)20(16)28;1-22(2,25)12-6-11-19-18-13-7-3-4-8-14(13)20-15-9-5-10-16(17(15)18)21(23)24/h5-8,21-22,25-26H,9-10H2,1-4H3;3-5,7-10H,6,11-12H2,1-2H3,(H,19,20). The van der Waals surface area contributed by atoms with E-state index in [0.717, 1.165) is 10.9 Å². The van der Waals surface area contributed by atoms with E-state index in [9.17, 15) is 35.1 Å². The number of aromatic hydroxyl groups is 2. The van der Waals surface area contributed by atoms with Crippen LogP contribution in [0.15, 0.2) is 66.7 Å². The highest BCUT2D eigenvalue weighted by Gasteiger charge is 2.38. The molecule has 0 fully saturated rings. The van der Waals surface area contributed by atoms with Crippen molar-refractivity contribution in [3.05, 3.63) is 104 Å². The summed E-state index contributed by atoms with van der Waals surface area (Å²) in [7, 11) is 10.7. The smallest absolute Gasteiger partial charge is 0.280 e. The number of ketones is 2. The molecule has 1 aromatic heterocycles. The summed E-state index contributed by atoms with van der Waals surface area (Å²) in [6.07, 6.45) is 0.662. The third-order valence-electron chi connectivity index (χ3n) is 8.50. The van der Waals surface area contributed by atoms with Crippen LogP contribution in [0.3, 0.4) is 0 Å². The number of carbonyl (C=O) groups excluding carboxylic acids is 2. The summed E-state index contributed by atoms with van der Waals surface area (Å²) in [6, 6.07) is 18.4. The van der Waals surface area contributed by atoms with Gasteiger partial charge in [-0.2, -0.15) is 0 Å². The van der Waals surface area contributed by atoms with E-state index in [1.165, 1.54) is 18.2 Å². The topological polar surface area (TPSA) is 196 Å². The number of nitro benzene ring substituents is 1. The average molecular weight is 725 g/mol. The van der Waals surface area contributed by atoms with Gasteiger partial charge in [-0.15, -0.1) is 0 Å². The molecular formula is C38H44N8O7. The number of nitrogens with one attached hydrogen (secondary N) is 3.